The molecule has 9 atom stereocenters. The number of fused-ring (bicyclic) bond motifs is 5. The van der Waals surface area contributed by atoms with Crippen molar-refractivity contribution in [2.75, 3.05) is 13.2 Å². The van der Waals surface area contributed by atoms with Crippen LogP contribution in [0.1, 0.15) is 83.1 Å². The van der Waals surface area contributed by atoms with Crippen molar-refractivity contribution in [3.05, 3.63) is 45.0 Å². The van der Waals surface area contributed by atoms with Gasteiger partial charge in [0.15, 0.2) is 0 Å². The Kier molecular flexibility index (Phi) is 6.58. The van der Waals surface area contributed by atoms with Crippen LogP contribution in [0.4, 0.5) is 0 Å². The molecule has 34 heavy (non-hydrogen) atoms. The Morgan fingerprint density at radius 2 is 1.88 bits per heavy atom. The van der Waals surface area contributed by atoms with Gasteiger partial charge in [-0.2, -0.15) is 0 Å². The van der Waals surface area contributed by atoms with Crippen molar-refractivity contribution in [2.24, 2.45) is 44.7 Å². The van der Waals surface area contributed by atoms with Crippen LogP contribution in [0.5, 0.6) is 0 Å². The highest BCUT2D eigenvalue weighted by molar-refractivity contribution is 5.22. The molecule has 5 rings (SSSR count). The fraction of sp³-hybridized carbons (Fsp3) is 0.846. The molecule has 1 unspecified atom stereocenters. The molecule has 0 spiro atoms. The highest BCUT2D eigenvalue weighted by Crippen LogP contribution is 2.69. The average molecular weight is 467 g/mol. The third-order valence-corrected chi connectivity index (χ3v) is 10.7. The summed E-state index contributed by atoms with van der Waals surface area (Å²) in [6.45, 7) is 5.64. The second-order valence-electron chi connectivity index (χ2n) is 11.9. The van der Waals surface area contributed by atoms with Crippen LogP contribution in [0.2, 0.25) is 0 Å². The summed E-state index contributed by atoms with van der Waals surface area (Å²) in [5.74, 6) is 3.88. The van der Waals surface area contributed by atoms with Crippen molar-refractivity contribution in [3.63, 3.8) is 0 Å². The Morgan fingerprint density at radius 3 is 2.65 bits per heavy atom. The van der Waals surface area contributed by atoms with Gasteiger partial charge in [0.2, 0.25) is 0 Å². The van der Waals surface area contributed by atoms with Gasteiger partial charge in [0.05, 0.1) is 31.3 Å². The number of hydrogen-bond acceptors (Lipinski definition) is 4. The van der Waals surface area contributed by atoms with Gasteiger partial charge in [-0.05, 0) is 121 Å². The molecular formula is C26H38N6O2. The van der Waals surface area contributed by atoms with E-state index in [0.717, 1.165) is 30.6 Å². The standard InChI is InChI=1S/C26H38N6O2/c1-25-10-7-20(34-16-19(30-32-28)14-29-31-27)13-18(25)3-4-21-23-6-5-22(17-9-12-33-15-17)26(23,2)11-8-24(21)25/h9,12,15,18-24H,3-8,10-11,13-14,16H2,1-2H3/t18-,19?,20+,21+,22-,23+,24+,25+,26-/m1/s1. The highest BCUT2D eigenvalue weighted by Gasteiger charge is 2.60. The van der Waals surface area contributed by atoms with Gasteiger partial charge in [-0.25, -0.2) is 0 Å². The van der Waals surface area contributed by atoms with E-state index in [1.54, 1.807) is 0 Å². The predicted octanol–water partition coefficient (Wildman–Crippen LogP) is 7.78. The molecule has 184 valence electrons. The van der Waals surface area contributed by atoms with E-state index in [0.29, 0.717) is 29.3 Å². The SMILES string of the molecule is C[C@]12CC[C@H](OCC(CN=[N+]=[N-])N=[N+]=[N-])C[C@H]1CC[C@@H]1[C@@H]2CC[C@]2(C)[C@@H](c3ccoc3)CC[C@@H]12. The number of ether oxygens (including phenoxy) is 1. The van der Waals surface area contributed by atoms with Gasteiger partial charge in [0.1, 0.15) is 0 Å². The zero-order chi connectivity index (χ0) is 23.8. The second kappa shape index (κ2) is 9.49. The van der Waals surface area contributed by atoms with E-state index >= 15 is 0 Å². The van der Waals surface area contributed by atoms with Crippen LogP contribution in [-0.2, 0) is 4.74 Å². The summed E-state index contributed by atoms with van der Waals surface area (Å²) in [4.78, 5) is 5.67. The van der Waals surface area contributed by atoms with Gasteiger partial charge in [-0.1, -0.05) is 24.1 Å². The van der Waals surface area contributed by atoms with E-state index in [1.165, 1.54) is 50.5 Å². The van der Waals surface area contributed by atoms with Crippen molar-refractivity contribution in [1.29, 1.82) is 0 Å². The summed E-state index contributed by atoms with van der Waals surface area (Å²) >= 11 is 0. The molecule has 0 saturated heterocycles. The Balaban J connectivity index is 1.24. The van der Waals surface area contributed by atoms with Crippen LogP contribution < -0.4 is 0 Å². The Morgan fingerprint density at radius 1 is 1.06 bits per heavy atom. The Hall–Kier alpha value is -2.14. The molecule has 1 heterocycles. The molecule has 0 N–H and O–H groups in total. The summed E-state index contributed by atoms with van der Waals surface area (Å²) < 4.78 is 11.7. The van der Waals surface area contributed by atoms with E-state index in [1.807, 2.05) is 12.5 Å². The number of nitrogens with zero attached hydrogens (tertiary/aromatic N) is 6. The topological polar surface area (TPSA) is 120 Å². The molecule has 4 fully saturated rings. The fourth-order valence-corrected chi connectivity index (χ4v) is 8.96. The van der Waals surface area contributed by atoms with Gasteiger partial charge in [0, 0.05) is 16.4 Å². The van der Waals surface area contributed by atoms with Crippen LogP contribution in [-0.4, -0.2) is 25.3 Å². The number of hydrogen-bond donors (Lipinski definition) is 0. The summed E-state index contributed by atoms with van der Waals surface area (Å²) in [5.41, 5.74) is 19.6. The molecule has 1 aromatic heterocycles. The van der Waals surface area contributed by atoms with Crippen molar-refractivity contribution < 1.29 is 9.15 Å². The zero-order valence-electron chi connectivity index (χ0n) is 20.6. The molecule has 0 amide bonds. The Bertz CT molecular complexity index is 955. The maximum absolute atomic E-state index is 8.79. The smallest absolute Gasteiger partial charge is 0.0937 e. The predicted molar refractivity (Wildman–Crippen MR) is 130 cm³/mol. The molecule has 4 aliphatic carbocycles. The number of furan rings is 1. The van der Waals surface area contributed by atoms with Gasteiger partial charge in [-0.15, -0.1) is 0 Å². The second-order valence-corrected chi connectivity index (χ2v) is 11.9. The maximum Gasteiger partial charge on any atom is 0.0937 e. The molecule has 8 heteroatoms. The van der Waals surface area contributed by atoms with Crippen LogP contribution in [0.25, 0.3) is 20.9 Å². The van der Waals surface area contributed by atoms with Crippen LogP contribution in [0.3, 0.4) is 0 Å². The minimum atomic E-state index is -0.425. The summed E-state index contributed by atoms with van der Waals surface area (Å²) in [7, 11) is 0. The first-order valence-electron chi connectivity index (χ1n) is 13.2. The number of rotatable bonds is 7. The van der Waals surface area contributed by atoms with E-state index < -0.39 is 6.04 Å². The van der Waals surface area contributed by atoms with Crippen LogP contribution in [0, 0.1) is 34.5 Å². The molecule has 4 aliphatic rings. The summed E-state index contributed by atoms with van der Waals surface area (Å²) in [6.07, 6.45) is 15.5. The monoisotopic (exact) mass is 466 g/mol. The third kappa shape index (κ3) is 4.00. The number of azide groups is 2. The van der Waals surface area contributed by atoms with E-state index in [4.69, 9.17) is 20.2 Å². The molecular weight excluding hydrogens is 428 g/mol. The molecule has 4 saturated carbocycles. The normalized spacial score (nSPS) is 41.8. The lowest BCUT2D eigenvalue weighted by Gasteiger charge is -2.61. The van der Waals surface area contributed by atoms with Crippen molar-refractivity contribution >= 4 is 0 Å². The summed E-state index contributed by atoms with van der Waals surface area (Å²) in [6, 6.07) is 1.77. The first-order chi connectivity index (χ1) is 16.5. The summed E-state index contributed by atoms with van der Waals surface area (Å²) in [5, 5.41) is 7.30. The first-order valence-corrected chi connectivity index (χ1v) is 13.2. The largest absolute Gasteiger partial charge is 0.472 e. The van der Waals surface area contributed by atoms with E-state index in [9.17, 15) is 0 Å². The quantitative estimate of drug-likeness (QED) is 0.231. The van der Waals surface area contributed by atoms with Gasteiger partial charge in [-0.3, -0.25) is 0 Å². The molecule has 8 nitrogen and oxygen atoms in total. The lowest BCUT2D eigenvalue weighted by Crippen LogP contribution is -2.54. The molecule has 0 bridgehead atoms. The van der Waals surface area contributed by atoms with Crippen molar-refractivity contribution in [3.8, 4) is 0 Å². The molecule has 0 aliphatic heterocycles. The minimum absolute atomic E-state index is 0.151. The molecule has 0 aromatic carbocycles. The molecule has 1 aromatic rings. The van der Waals surface area contributed by atoms with Gasteiger partial charge >= 0.3 is 0 Å². The van der Waals surface area contributed by atoms with E-state index in [2.05, 4.69) is 40.0 Å². The van der Waals surface area contributed by atoms with Gasteiger partial charge in [0.25, 0.3) is 0 Å². The maximum atomic E-state index is 8.79. The van der Waals surface area contributed by atoms with E-state index in [-0.39, 0.29) is 12.6 Å². The third-order valence-electron chi connectivity index (χ3n) is 10.7. The average Bonchev–Trinajstić information content (AvgIpc) is 3.48. The first kappa shape index (κ1) is 23.6. The Labute approximate surface area is 202 Å². The lowest BCUT2D eigenvalue weighted by atomic mass is 9.44. The van der Waals surface area contributed by atoms with Gasteiger partial charge < -0.3 is 9.15 Å². The minimum Gasteiger partial charge on any atom is -0.472 e. The highest BCUT2D eigenvalue weighted by atomic mass is 16.5. The van der Waals surface area contributed by atoms with Crippen molar-refractivity contribution in [2.45, 2.75) is 89.7 Å². The zero-order valence-corrected chi connectivity index (χ0v) is 20.6. The fourth-order valence-electron chi connectivity index (χ4n) is 8.96. The lowest BCUT2D eigenvalue weighted by molar-refractivity contribution is -0.132. The molecule has 0 radical (unpaired) electrons. The van der Waals surface area contributed by atoms with Crippen LogP contribution >= 0.6 is 0 Å². The van der Waals surface area contributed by atoms with Crippen molar-refractivity contribution in [1.82, 2.24) is 0 Å². The van der Waals surface area contributed by atoms with Crippen LogP contribution in [0.15, 0.2) is 33.2 Å².